The Morgan fingerprint density at radius 3 is 0.650 bits per heavy atom. The first-order valence-electron chi connectivity index (χ1n) is 3.30. The van der Waals surface area contributed by atoms with Crippen molar-refractivity contribution in [2.24, 2.45) is 0 Å². The molecule has 0 rings (SSSR count). The van der Waals surface area contributed by atoms with E-state index in [1.165, 1.54) is 0 Å². The van der Waals surface area contributed by atoms with E-state index in [1.54, 1.807) is 0 Å². The molecular formula is C6H5LiNbO12. The third-order valence-corrected chi connectivity index (χ3v) is 0.541. The van der Waals surface area contributed by atoms with Gasteiger partial charge in [0, 0.05) is 22.4 Å². The molecule has 0 spiro atoms. The Morgan fingerprint density at radius 1 is 0.550 bits per heavy atom. The fraction of sp³-hybridized carbons (Fsp3) is 0. The minimum Gasteiger partial charge on any atom is -0.539 e. The Hall–Kier alpha value is -1.84. The molecule has 0 bridgehead atoms. The largest absolute Gasteiger partial charge is 1.00 e. The van der Waals surface area contributed by atoms with Crippen molar-refractivity contribution in [2.45, 2.75) is 0 Å². The Bertz CT molecular complexity index is 283. The van der Waals surface area contributed by atoms with Gasteiger partial charge in [0.25, 0.3) is 0 Å². The van der Waals surface area contributed by atoms with E-state index in [0.717, 1.165) is 0 Å². The standard InChI is InChI=1S/3C2H2O4.Li.Nb/c3*3-1(4)2(5)6;;/h3*(H,3,4)(H,5,6);;/q;;;+1;/p-1. The second-order valence-electron chi connectivity index (χ2n) is 1.81. The average molecular weight is 369 g/mol. The molecule has 0 amide bonds. The zero-order valence-corrected chi connectivity index (χ0v) is 11.7. The van der Waals surface area contributed by atoms with Crippen LogP contribution in [0.2, 0.25) is 0 Å². The number of rotatable bonds is 0. The van der Waals surface area contributed by atoms with Crippen molar-refractivity contribution in [3.05, 3.63) is 0 Å². The number of hydrogen-bond acceptors (Lipinski definition) is 7. The van der Waals surface area contributed by atoms with Gasteiger partial charge in [-0.1, -0.05) is 0 Å². The molecule has 0 aromatic heterocycles. The van der Waals surface area contributed by atoms with Gasteiger partial charge in [0.2, 0.25) is 0 Å². The van der Waals surface area contributed by atoms with Crippen molar-refractivity contribution in [2.75, 3.05) is 0 Å². The van der Waals surface area contributed by atoms with Crippen LogP contribution in [0.3, 0.4) is 0 Å². The molecule has 12 nitrogen and oxygen atoms in total. The molecule has 0 saturated heterocycles. The Kier molecular flexibility index (Phi) is 26.5. The van der Waals surface area contributed by atoms with Gasteiger partial charge in [-0.05, 0) is 0 Å². The molecule has 0 aromatic rings. The molecule has 0 atom stereocenters. The van der Waals surface area contributed by atoms with Crippen molar-refractivity contribution in [1.29, 1.82) is 0 Å². The first kappa shape index (κ1) is 30.9. The summed E-state index contributed by atoms with van der Waals surface area (Å²) in [5.41, 5.74) is 0. The summed E-state index contributed by atoms with van der Waals surface area (Å²) in [6.07, 6.45) is 0. The smallest absolute Gasteiger partial charge is 0.539 e. The third-order valence-electron chi connectivity index (χ3n) is 0.541. The van der Waals surface area contributed by atoms with E-state index in [4.69, 9.17) is 59.4 Å². The fourth-order valence-corrected chi connectivity index (χ4v) is 0. The Balaban J connectivity index is -0.0000000536. The number of carboxylic acids is 6. The van der Waals surface area contributed by atoms with Gasteiger partial charge in [-0.3, -0.25) is 0 Å². The molecular weight excluding hydrogens is 364 g/mol. The van der Waals surface area contributed by atoms with Crippen LogP contribution in [0.15, 0.2) is 0 Å². The zero-order chi connectivity index (χ0) is 15.5. The second kappa shape index (κ2) is 17.2. The molecule has 0 unspecified atom stereocenters. The van der Waals surface area contributed by atoms with Crippen molar-refractivity contribution in [3.63, 3.8) is 0 Å². The summed E-state index contributed by atoms with van der Waals surface area (Å²) >= 11 is 0. The first-order chi connectivity index (χ1) is 7.93. The molecule has 0 aliphatic heterocycles. The van der Waals surface area contributed by atoms with Crippen LogP contribution in [0.1, 0.15) is 0 Å². The van der Waals surface area contributed by atoms with Gasteiger partial charge in [0.15, 0.2) is 5.97 Å². The Morgan fingerprint density at radius 2 is 0.650 bits per heavy atom. The SMILES string of the molecule is O=C(O)C(=O)O.O=C(O)C(=O)O.O=C([O-])C(=O)O.[Li+].[Nb]. The van der Waals surface area contributed by atoms with Crippen LogP contribution in [0.25, 0.3) is 0 Å². The van der Waals surface area contributed by atoms with E-state index < -0.39 is 35.8 Å². The van der Waals surface area contributed by atoms with Gasteiger partial charge in [-0.15, -0.1) is 0 Å². The number of hydrogen-bond donors (Lipinski definition) is 5. The molecule has 0 aromatic carbocycles. The van der Waals surface area contributed by atoms with Crippen LogP contribution >= 0.6 is 0 Å². The predicted molar refractivity (Wildman–Crippen MR) is 43.2 cm³/mol. The summed E-state index contributed by atoms with van der Waals surface area (Å²) in [6, 6.07) is 0. The summed E-state index contributed by atoms with van der Waals surface area (Å²) in [4.78, 5) is 54.4. The quantitative estimate of drug-likeness (QED) is 0.198. The second-order valence-corrected chi connectivity index (χ2v) is 1.81. The summed E-state index contributed by atoms with van der Waals surface area (Å²) in [5.74, 6) is -11.3. The van der Waals surface area contributed by atoms with E-state index in [9.17, 15) is 0 Å². The van der Waals surface area contributed by atoms with E-state index in [1.807, 2.05) is 0 Å². The van der Waals surface area contributed by atoms with Gasteiger partial charge in [-0.25, -0.2) is 24.0 Å². The van der Waals surface area contributed by atoms with E-state index in [-0.39, 0.29) is 41.2 Å². The molecule has 20 heavy (non-hydrogen) atoms. The van der Waals surface area contributed by atoms with E-state index >= 15 is 0 Å². The van der Waals surface area contributed by atoms with Gasteiger partial charge in [0.05, 0.1) is 0 Å². The molecule has 0 fully saturated rings. The van der Waals surface area contributed by atoms with E-state index in [2.05, 4.69) is 0 Å². The summed E-state index contributed by atoms with van der Waals surface area (Å²) in [6.45, 7) is 0. The molecule has 107 valence electrons. The van der Waals surface area contributed by atoms with Crippen LogP contribution in [0.5, 0.6) is 0 Å². The van der Waals surface area contributed by atoms with Gasteiger partial charge in [0.1, 0.15) is 0 Å². The molecule has 0 saturated carbocycles. The maximum absolute atomic E-state index is 9.10. The maximum atomic E-state index is 9.10. The molecule has 0 aliphatic rings. The van der Waals surface area contributed by atoms with Crippen molar-refractivity contribution >= 4 is 35.8 Å². The van der Waals surface area contributed by atoms with Crippen molar-refractivity contribution in [3.8, 4) is 0 Å². The van der Waals surface area contributed by atoms with Crippen LogP contribution in [-0.2, 0) is 51.1 Å². The monoisotopic (exact) mass is 369 g/mol. The number of carboxylic acid groups (broad SMARTS) is 6. The number of carbonyl (C=O) groups is 6. The molecule has 14 heteroatoms. The van der Waals surface area contributed by atoms with Crippen LogP contribution in [0.4, 0.5) is 0 Å². The molecule has 0 aliphatic carbocycles. The van der Waals surface area contributed by atoms with Crippen molar-refractivity contribution < 1.29 is 101 Å². The predicted octanol–water partition coefficient (Wildman–Crippen LogP) is -6.87. The maximum Gasteiger partial charge on any atom is 1.00 e. The minimum absolute atomic E-state index is 0. The normalized spacial score (nSPS) is 6.60. The third kappa shape index (κ3) is 36.0. The topological polar surface area (TPSA) is 227 Å². The fourth-order valence-electron chi connectivity index (χ4n) is 0. The number of carbonyl (C=O) groups excluding carboxylic acids is 1. The average Bonchev–Trinajstić information content (AvgIpc) is 2.18. The van der Waals surface area contributed by atoms with Crippen LogP contribution in [-0.4, -0.2) is 61.3 Å². The van der Waals surface area contributed by atoms with Gasteiger partial charge >= 0.3 is 48.7 Å². The van der Waals surface area contributed by atoms with Gasteiger partial charge < -0.3 is 35.4 Å². The Labute approximate surface area is 136 Å². The van der Waals surface area contributed by atoms with Gasteiger partial charge in [-0.2, -0.15) is 0 Å². The van der Waals surface area contributed by atoms with E-state index in [0.29, 0.717) is 0 Å². The minimum atomic E-state index is -2.07. The molecule has 5 N–H and O–H groups in total. The summed E-state index contributed by atoms with van der Waals surface area (Å²) in [7, 11) is 0. The number of aliphatic carboxylic acids is 6. The molecule has 0 heterocycles. The van der Waals surface area contributed by atoms with Crippen molar-refractivity contribution in [1.82, 2.24) is 0 Å². The summed E-state index contributed by atoms with van der Waals surface area (Å²) < 4.78 is 0. The van der Waals surface area contributed by atoms with Crippen LogP contribution < -0.4 is 24.0 Å². The summed E-state index contributed by atoms with van der Waals surface area (Å²) in [5, 5.41) is 45.9. The molecule has 1 radical (unpaired) electrons. The first-order valence-corrected chi connectivity index (χ1v) is 3.30. The van der Waals surface area contributed by atoms with Crippen LogP contribution in [0, 0.1) is 0 Å². The zero-order valence-electron chi connectivity index (χ0n) is 9.54.